The van der Waals surface area contributed by atoms with E-state index >= 15 is 0 Å². The molecule has 2 aromatic carbocycles. The Morgan fingerprint density at radius 3 is 2.52 bits per heavy atom. The summed E-state index contributed by atoms with van der Waals surface area (Å²) in [6, 6.07) is 17.4. The lowest BCUT2D eigenvalue weighted by atomic mass is 10.2. The van der Waals surface area contributed by atoms with Gasteiger partial charge in [0.2, 0.25) is 0 Å². The first kappa shape index (κ1) is 13.6. The average molecular weight is 307 g/mol. The zero-order valence-electron chi connectivity index (χ0n) is 12.2. The first-order valence-electron chi connectivity index (χ1n) is 7.33. The van der Waals surface area contributed by atoms with Gasteiger partial charge in [0.1, 0.15) is 5.82 Å². The number of aromatic nitrogens is 1. The summed E-state index contributed by atoms with van der Waals surface area (Å²) in [5.41, 5.74) is 2.91. The lowest BCUT2D eigenvalue weighted by Crippen LogP contribution is -2.38. The summed E-state index contributed by atoms with van der Waals surface area (Å²) in [6.07, 6.45) is 1.97. The minimum atomic E-state index is -0.450. The van der Waals surface area contributed by atoms with Crippen molar-refractivity contribution in [3.8, 4) is 5.69 Å². The van der Waals surface area contributed by atoms with E-state index in [1.807, 2.05) is 42.6 Å². The summed E-state index contributed by atoms with van der Waals surface area (Å²) in [4.78, 5) is 14.3. The molecule has 114 valence electrons. The van der Waals surface area contributed by atoms with E-state index < -0.39 is 5.82 Å². The average Bonchev–Trinajstić information content (AvgIpc) is 3.05. The third-order valence-electron chi connectivity index (χ3n) is 3.95. The molecule has 1 aliphatic heterocycles. The molecule has 1 aromatic heterocycles. The second-order valence-electron chi connectivity index (χ2n) is 5.35. The van der Waals surface area contributed by atoms with Gasteiger partial charge in [-0.2, -0.15) is 0 Å². The number of para-hydroxylation sites is 3. The Labute approximate surface area is 132 Å². The number of hydrogen-bond acceptors (Lipinski definition) is 1. The van der Waals surface area contributed by atoms with Gasteiger partial charge in [0.25, 0.3) is 0 Å². The number of carbonyl (C=O) groups excluding carboxylic acids is 1. The number of carbonyl (C=O) groups is 1. The van der Waals surface area contributed by atoms with Crippen LogP contribution in [-0.2, 0) is 6.54 Å². The smallest absolute Gasteiger partial charge is 0.317 e. The zero-order valence-corrected chi connectivity index (χ0v) is 12.2. The number of amides is 2. The number of nitrogens with one attached hydrogen (secondary N) is 1. The first-order valence-corrected chi connectivity index (χ1v) is 7.33. The van der Waals surface area contributed by atoms with E-state index in [1.165, 1.54) is 6.07 Å². The van der Waals surface area contributed by atoms with E-state index in [9.17, 15) is 9.18 Å². The van der Waals surface area contributed by atoms with Gasteiger partial charge in [-0.1, -0.05) is 24.3 Å². The van der Waals surface area contributed by atoms with Gasteiger partial charge in [0, 0.05) is 11.9 Å². The quantitative estimate of drug-likeness (QED) is 0.720. The predicted octanol–water partition coefficient (Wildman–Crippen LogP) is 4.17. The third-order valence-corrected chi connectivity index (χ3v) is 3.95. The highest BCUT2D eigenvalue weighted by Crippen LogP contribution is 2.32. The summed E-state index contributed by atoms with van der Waals surface area (Å²) in [5.74, 6) is -0.450. The van der Waals surface area contributed by atoms with Gasteiger partial charge < -0.3 is 9.88 Å². The van der Waals surface area contributed by atoms with Crippen molar-refractivity contribution in [3.05, 3.63) is 78.4 Å². The van der Waals surface area contributed by atoms with Crippen LogP contribution >= 0.6 is 0 Å². The van der Waals surface area contributed by atoms with E-state index in [1.54, 1.807) is 23.1 Å². The molecule has 1 N–H and O–H groups in total. The number of anilines is 2. The van der Waals surface area contributed by atoms with E-state index in [4.69, 9.17) is 0 Å². The molecule has 3 aromatic rings. The van der Waals surface area contributed by atoms with Crippen LogP contribution in [0.3, 0.4) is 0 Å². The highest BCUT2D eigenvalue weighted by Gasteiger charge is 2.26. The molecule has 4 nitrogen and oxygen atoms in total. The van der Waals surface area contributed by atoms with Crippen LogP contribution in [0.15, 0.2) is 66.9 Å². The maximum absolute atomic E-state index is 13.8. The Morgan fingerprint density at radius 1 is 0.957 bits per heavy atom. The van der Waals surface area contributed by atoms with Crippen molar-refractivity contribution in [2.24, 2.45) is 0 Å². The molecule has 0 saturated heterocycles. The Kier molecular flexibility index (Phi) is 3.12. The monoisotopic (exact) mass is 307 g/mol. The van der Waals surface area contributed by atoms with Gasteiger partial charge in [-0.15, -0.1) is 0 Å². The summed E-state index contributed by atoms with van der Waals surface area (Å²) >= 11 is 0. The molecule has 5 heteroatoms. The normalized spacial score (nSPS) is 12.5. The number of hydrogen-bond donors (Lipinski definition) is 1. The van der Waals surface area contributed by atoms with Crippen LogP contribution in [0.2, 0.25) is 0 Å². The molecular formula is C18H14FN3O. The maximum atomic E-state index is 13.8. The standard InChI is InChI=1S/C18H14FN3O/c19-14-7-1-2-8-15(14)20-18(23)22-12-13-6-5-11-21(13)16-9-3-4-10-17(16)22/h1-11H,12H2,(H,20,23). The molecule has 0 atom stereocenters. The lowest BCUT2D eigenvalue weighted by molar-refractivity contribution is 0.256. The summed E-state index contributed by atoms with van der Waals surface area (Å²) < 4.78 is 15.8. The van der Waals surface area contributed by atoms with Crippen LogP contribution < -0.4 is 10.2 Å². The van der Waals surface area contributed by atoms with Crippen molar-refractivity contribution in [3.63, 3.8) is 0 Å². The number of halogens is 1. The molecule has 0 aliphatic carbocycles. The van der Waals surface area contributed by atoms with E-state index in [2.05, 4.69) is 9.88 Å². The van der Waals surface area contributed by atoms with Gasteiger partial charge in [0.15, 0.2) is 0 Å². The van der Waals surface area contributed by atoms with Crippen molar-refractivity contribution < 1.29 is 9.18 Å². The molecule has 0 spiro atoms. The Morgan fingerprint density at radius 2 is 1.70 bits per heavy atom. The second-order valence-corrected chi connectivity index (χ2v) is 5.35. The predicted molar refractivity (Wildman–Crippen MR) is 87.4 cm³/mol. The highest BCUT2D eigenvalue weighted by atomic mass is 19.1. The highest BCUT2D eigenvalue weighted by molar-refractivity contribution is 6.03. The first-order chi connectivity index (χ1) is 11.2. The van der Waals surface area contributed by atoms with Gasteiger partial charge in [-0.25, -0.2) is 9.18 Å². The van der Waals surface area contributed by atoms with Crippen LogP contribution in [0.25, 0.3) is 5.69 Å². The molecule has 0 bridgehead atoms. The van der Waals surface area contributed by atoms with E-state index in [0.717, 1.165) is 17.1 Å². The van der Waals surface area contributed by atoms with Crippen molar-refractivity contribution >= 4 is 17.4 Å². The fourth-order valence-corrected chi connectivity index (χ4v) is 2.85. The second kappa shape index (κ2) is 5.28. The number of nitrogens with zero attached hydrogens (tertiary/aromatic N) is 2. The molecule has 2 heterocycles. The number of benzene rings is 2. The number of urea groups is 1. The fraction of sp³-hybridized carbons (Fsp3) is 0.0556. The molecular weight excluding hydrogens is 293 g/mol. The van der Waals surface area contributed by atoms with Crippen LogP contribution in [0, 0.1) is 5.82 Å². The van der Waals surface area contributed by atoms with Crippen molar-refractivity contribution in [2.45, 2.75) is 6.54 Å². The van der Waals surface area contributed by atoms with E-state index in [-0.39, 0.29) is 11.7 Å². The van der Waals surface area contributed by atoms with Gasteiger partial charge >= 0.3 is 6.03 Å². The van der Waals surface area contributed by atoms with Crippen LogP contribution in [0.1, 0.15) is 5.69 Å². The third kappa shape index (κ3) is 2.26. The Bertz CT molecular complexity index is 887. The largest absolute Gasteiger partial charge is 0.326 e. The zero-order chi connectivity index (χ0) is 15.8. The Hall–Kier alpha value is -3.08. The van der Waals surface area contributed by atoms with Gasteiger partial charge in [-0.05, 0) is 36.4 Å². The minimum absolute atomic E-state index is 0.177. The van der Waals surface area contributed by atoms with Crippen LogP contribution in [0.4, 0.5) is 20.6 Å². The molecule has 0 unspecified atom stereocenters. The van der Waals surface area contributed by atoms with Crippen molar-refractivity contribution in [1.29, 1.82) is 0 Å². The van der Waals surface area contributed by atoms with Crippen molar-refractivity contribution in [1.82, 2.24) is 4.57 Å². The van der Waals surface area contributed by atoms with Gasteiger partial charge in [0.05, 0.1) is 23.6 Å². The van der Waals surface area contributed by atoms with Crippen LogP contribution in [-0.4, -0.2) is 10.6 Å². The molecule has 2 amide bonds. The molecule has 0 fully saturated rings. The van der Waals surface area contributed by atoms with E-state index in [0.29, 0.717) is 6.54 Å². The van der Waals surface area contributed by atoms with Crippen LogP contribution in [0.5, 0.6) is 0 Å². The Balaban J connectivity index is 1.70. The van der Waals surface area contributed by atoms with Crippen molar-refractivity contribution in [2.75, 3.05) is 10.2 Å². The summed E-state index contributed by atoms with van der Waals surface area (Å²) in [5, 5.41) is 2.65. The summed E-state index contributed by atoms with van der Waals surface area (Å²) in [7, 11) is 0. The number of fused-ring (bicyclic) bond motifs is 3. The molecule has 0 saturated carbocycles. The molecule has 23 heavy (non-hydrogen) atoms. The summed E-state index contributed by atoms with van der Waals surface area (Å²) in [6.45, 7) is 0.435. The maximum Gasteiger partial charge on any atom is 0.326 e. The molecule has 1 aliphatic rings. The molecule has 4 rings (SSSR count). The fourth-order valence-electron chi connectivity index (χ4n) is 2.85. The minimum Gasteiger partial charge on any atom is -0.317 e. The topological polar surface area (TPSA) is 37.3 Å². The van der Waals surface area contributed by atoms with Gasteiger partial charge in [-0.3, -0.25) is 4.90 Å². The SMILES string of the molecule is O=C(Nc1ccccc1F)N1Cc2cccn2-c2ccccc21. The number of rotatable bonds is 1. The molecule has 0 radical (unpaired) electrons. The lowest BCUT2D eigenvalue weighted by Gasteiger charge is -2.31.